The molecule has 0 heterocycles. The lowest BCUT2D eigenvalue weighted by molar-refractivity contribution is -0.127. The summed E-state index contributed by atoms with van der Waals surface area (Å²) >= 11 is 7.66. The largest absolute Gasteiger partial charge is 0.481 e. The lowest BCUT2D eigenvalue weighted by Gasteiger charge is -2.18. The Labute approximate surface area is 165 Å². The van der Waals surface area contributed by atoms with Gasteiger partial charge in [0.15, 0.2) is 6.10 Å². The van der Waals surface area contributed by atoms with Gasteiger partial charge in [0.1, 0.15) is 5.75 Å². The number of nitrogens with one attached hydrogen (secondary N) is 1. The van der Waals surface area contributed by atoms with Crippen molar-refractivity contribution in [2.45, 2.75) is 39.6 Å². The molecular weight excluding hydrogens is 366 g/mol. The van der Waals surface area contributed by atoms with Crippen molar-refractivity contribution in [3.05, 3.63) is 63.7 Å². The van der Waals surface area contributed by atoms with E-state index in [9.17, 15) is 4.79 Å². The smallest absolute Gasteiger partial charge is 0.260 e. The number of hydrogen-bond donors (Lipinski definition) is 1. The molecule has 0 aliphatic rings. The van der Waals surface area contributed by atoms with Gasteiger partial charge in [0.05, 0.1) is 0 Å². The molecule has 1 amide bonds. The lowest BCUT2D eigenvalue weighted by Crippen LogP contribution is -2.37. The molecule has 0 fully saturated rings. The Hall–Kier alpha value is -1.65. The van der Waals surface area contributed by atoms with Crippen LogP contribution in [-0.2, 0) is 10.5 Å². The van der Waals surface area contributed by atoms with E-state index in [1.807, 2.05) is 44.2 Å². The van der Waals surface area contributed by atoms with Crippen LogP contribution in [0.1, 0.15) is 29.2 Å². The summed E-state index contributed by atoms with van der Waals surface area (Å²) in [5.74, 6) is 2.45. The minimum absolute atomic E-state index is 0.0874. The molecular formula is C21H26ClNO2S. The first-order valence-corrected chi connectivity index (χ1v) is 10.2. The average molecular weight is 392 g/mol. The Morgan fingerprint density at radius 3 is 2.58 bits per heavy atom. The molecule has 0 saturated carbocycles. The average Bonchev–Trinajstić information content (AvgIpc) is 2.60. The predicted octanol–water partition coefficient (Wildman–Crippen LogP) is 5.08. The molecule has 0 bridgehead atoms. The Kier molecular flexibility index (Phi) is 7.85. The first-order valence-electron chi connectivity index (χ1n) is 8.71. The first-order chi connectivity index (χ1) is 12.4. The third kappa shape index (κ3) is 6.26. The summed E-state index contributed by atoms with van der Waals surface area (Å²) in [5.41, 5.74) is 4.61. The second-order valence-corrected chi connectivity index (χ2v) is 7.98. The molecule has 0 saturated heterocycles. The highest BCUT2D eigenvalue weighted by molar-refractivity contribution is 7.98. The van der Waals surface area contributed by atoms with Gasteiger partial charge in [-0.25, -0.2) is 0 Å². The quantitative estimate of drug-likeness (QED) is 0.637. The summed E-state index contributed by atoms with van der Waals surface area (Å²) in [4.78, 5) is 12.2. The molecule has 1 N–H and O–H groups in total. The highest BCUT2D eigenvalue weighted by Gasteiger charge is 2.16. The van der Waals surface area contributed by atoms with Crippen LogP contribution in [0.15, 0.2) is 36.4 Å². The zero-order chi connectivity index (χ0) is 19.1. The number of amides is 1. The van der Waals surface area contributed by atoms with Crippen molar-refractivity contribution in [1.82, 2.24) is 5.32 Å². The van der Waals surface area contributed by atoms with Gasteiger partial charge >= 0.3 is 0 Å². The number of aryl methyl sites for hydroxylation is 2. The number of thioether (sulfide) groups is 1. The van der Waals surface area contributed by atoms with Crippen molar-refractivity contribution < 1.29 is 9.53 Å². The van der Waals surface area contributed by atoms with Crippen LogP contribution < -0.4 is 10.1 Å². The normalized spacial score (nSPS) is 11.9. The van der Waals surface area contributed by atoms with Crippen LogP contribution in [0.5, 0.6) is 5.75 Å². The van der Waals surface area contributed by atoms with Gasteiger partial charge in [0, 0.05) is 23.1 Å². The van der Waals surface area contributed by atoms with Crippen LogP contribution in [0.4, 0.5) is 0 Å². The zero-order valence-electron chi connectivity index (χ0n) is 15.8. The van der Waals surface area contributed by atoms with Crippen LogP contribution in [0.2, 0.25) is 5.02 Å². The molecule has 2 aromatic carbocycles. The van der Waals surface area contributed by atoms with Gasteiger partial charge in [-0.3, -0.25) is 4.79 Å². The molecule has 2 rings (SSSR count). The molecule has 0 unspecified atom stereocenters. The summed E-state index contributed by atoms with van der Waals surface area (Å²) in [6.07, 6.45) is -0.517. The van der Waals surface area contributed by atoms with Gasteiger partial charge in [-0.15, -0.1) is 0 Å². The van der Waals surface area contributed by atoms with Crippen molar-refractivity contribution in [2.24, 2.45) is 0 Å². The number of hydrogen-bond acceptors (Lipinski definition) is 3. The number of benzene rings is 2. The Bertz CT molecular complexity index is 746. The predicted molar refractivity (Wildman–Crippen MR) is 111 cm³/mol. The van der Waals surface area contributed by atoms with Crippen molar-refractivity contribution in [3.63, 3.8) is 0 Å². The molecule has 0 aromatic heterocycles. The maximum atomic E-state index is 12.2. The van der Waals surface area contributed by atoms with E-state index in [-0.39, 0.29) is 5.91 Å². The molecule has 0 radical (unpaired) electrons. The highest BCUT2D eigenvalue weighted by Crippen LogP contribution is 2.24. The number of rotatable bonds is 8. The summed E-state index contributed by atoms with van der Waals surface area (Å²) in [7, 11) is 0. The van der Waals surface area contributed by atoms with Gasteiger partial charge in [0.2, 0.25) is 0 Å². The first kappa shape index (κ1) is 20.7. The second-order valence-electron chi connectivity index (χ2n) is 6.44. The van der Waals surface area contributed by atoms with E-state index < -0.39 is 6.10 Å². The van der Waals surface area contributed by atoms with Crippen molar-refractivity contribution in [1.29, 1.82) is 0 Å². The number of carbonyl (C=O) groups is 1. The molecule has 26 heavy (non-hydrogen) atoms. The molecule has 0 spiro atoms. The van der Waals surface area contributed by atoms with Crippen LogP contribution in [0.3, 0.4) is 0 Å². The molecule has 1 atom stereocenters. The standard InChI is InChI=1S/C21H26ClNO2S/c1-14-11-15(2)16(3)20(12-14)25-17(4)21(24)23-9-10-26-13-18-5-7-19(22)8-6-18/h5-8,11-12,17H,9-10,13H2,1-4H3,(H,23,24)/t17-/m1/s1. The SMILES string of the molecule is Cc1cc(C)c(C)c(O[C@H](C)C(=O)NCCSCc2ccc(Cl)cc2)c1. The van der Waals surface area contributed by atoms with E-state index in [0.717, 1.165) is 33.4 Å². The summed E-state index contributed by atoms with van der Waals surface area (Å²) in [6, 6.07) is 11.9. The number of ether oxygens (including phenoxy) is 1. The maximum Gasteiger partial charge on any atom is 0.260 e. The van der Waals surface area contributed by atoms with Crippen LogP contribution >= 0.6 is 23.4 Å². The molecule has 0 aliphatic carbocycles. The van der Waals surface area contributed by atoms with Crippen molar-refractivity contribution in [2.75, 3.05) is 12.3 Å². The van der Waals surface area contributed by atoms with Gasteiger partial charge < -0.3 is 10.1 Å². The zero-order valence-corrected chi connectivity index (χ0v) is 17.3. The van der Waals surface area contributed by atoms with Crippen LogP contribution in [0.25, 0.3) is 0 Å². The van der Waals surface area contributed by atoms with E-state index in [4.69, 9.17) is 16.3 Å². The van der Waals surface area contributed by atoms with Crippen molar-refractivity contribution >= 4 is 29.3 Å². The topological polar surface area (TPSA) is 38.3 Å². The van der Waals surface area contributed by atoms with Gasteiger partial charge in [-0.1, -0.05) is 29.8 Å². The molecule has 5 heteroatoms. The Balaban J connectivity index is 1.73. The van der Waals surface area contributed by atoms with E-state index in [2.05, 4.69) is 18.3 Å². The third-order valence-electron chi connectivity index (χ3n) is 4.16. The van der Waals surface area contributed by atoms with E-state index in [1.54, 1.807) is 18.7 Å². The fraction of sp³-hybridized carbons (Fsp3) is 0.381. The second kappa shape index (κ2) is 9.89. The fourth-order valence-electron chi connectivity index (χ4n) is 2.53. The lowest BCUT2D eigenvalue weighted by atomic mass is 10.1. The van der Waals surface area contributed by atoms with Crippen LogP contribution in [-0.4, -0.2) is 24.3 Å². The minimum Gasteiger partial charge on any atom is -0.481 e. The van der Waals surface area contributed by atoms with Gasteiger partial charge in [-0.05, 0) is 68.1 Å². The van der Waals surface area contributed by atoms with Gasteiger partial charge in [0.25, 0.3) is 5.91 Å². The van der Waals surface area contributed by atoms with E-state index >= 15 is 0 Å². The highest BCUT2D eigenvalue weighted by atomic mass is 35.5. The number of carbonyl (C=O) groups excluding carboxylic acids is 1. The Morgan fingerprint density at radius 2 is 1.88 bits per heavy atom. The Morgan fingerprint density at radius 1 is 1.19 bits per heavy atom. The molecule has 0 aliphatic heterocycles. The van der Waals surface area contributed by atoms with Crippen LogP contribution in [0, 0.1) is 20.8 Å². The molecule has 2 aromatic rings. The molecule has 140 valence electrons. The van der Waals surface area contributed by atoms with Crippen molar-refractivity contribution in [3.8, 4) is 5.75 Å². The summed E-state index contributed by atoms with van der Waals surface area (Å²) in [6.45, 7) is 8.51. The van der Waals surface area contributed by atoms with E-state index in [1.165, 1.54) is 11.1 Å². The monoisotopic (exact) mass is 391 g/mol. The third-order valence-corrected chi connectivity index (χ3v) is 5.45. The minimum atomic E-state index is -0.517. The molecule has 3 nitrogen and oxygen atoms in total. The maximum absolute atomic E-state index is 12.2. The summed E-state index contributed by atoms with van der Waals surface area (Å²) < 4.78 is 5.87. The summed E-state index contributed by atoms with van der Waals surface area (Å²) in [5, 5.41) is 3.69. The fourth-order valence-corrected chi connectivity index (χ4v) is 3.47. The number of halogens is 1. The van der Waals surface area contributed by atoms with Gasteiger partial charge in [-0.2, -0.15) is 11.8 Å². The van der Waals surface area contributed by atoms with E-state index in [0.29, 0.717) is 6.54 Å².